The minimum atomic E-state index is -0.249. The van der Waals surface area contributed by atoms with Crippen molar-refractivity contribution in [3.05, 3.63) is 63.1 Å². The highest BCUT2D eigenvalue weighted by Crippen LogP contribution is 2.26. The summed E-state index contributed by atoms with van der Waals surface area (Å²) in [5.74, 6) is -0.249. The number of aryl methyl sites for hydroxylation is 1. The van der Waals surface area contributed by atoms with Gasteiger partial charge in [0, 0.05) is 16.8 Å². The monoisotopic (exact) mass is 367 g/mol. The molecule has 2 N–H and O–H groups in total. The van der Waals surface area contributed by atoms with E-state index < -0.39 is 0 Å². The SMILES string of the molecule is O=C(Nc1cccc(CCCO)c1)c1cccc(Br)c1Cl. The van der Waals surface area contributed by atoms with E-state index in [-0.39, 0.29) is 12.5 Å². The summed E-state index contributed by atoms with van der Waals surface area (Å²) in [6.07, 6.45) is 1.48. The van der Waals surface area contributed by atoms with Gasteiger partial charge in [0.05, 0.1) is 10.6 Å². The van der Waals surface area contributed by atoms with Gasteiger partial charge in [0.25, 0.3) is 5.91 Å². The van der Waals surface area contributed by atoms with Gasteiger partial charge in [-0.05, 0) is 58.6 Å². The number of hydrogen-bond acceptors (Lipinski definition) is 2. The molecule has 0 saturated heterocycles. The van der Waals surface area contributed by atoms with E-state index in [1.54, 1.807) is 18.2 Å². The molecule has 0 aliphatic rings. The number of hydrogen-bond donors (Lipinski definition) is 2. The molecule has 0 aliphatic heterocycles. The maximum atomic E-state index is 12.3. The normalized spacial score (nSPS) is 10.4. The number of rotatable bonds is 5. The highest BCUT2D eigenvalue weighted by molar-refractivity contribution is 9.10. The average Bonchev–Trinajstić information content (AvgIpc) is 2.48. The van der Waals surface area contributed by atoms with Gasteiger partial charge in [-0.1, -0.05) is 29.8 Å². The molecule has 0 atom stereocenters. The fourth-order valence-electron chi connectivity index (χ4n) is 1.97. The molecule has 0 spiro atoms. The quantitative estimate of drug-likeness (QED) is 0.827. The summed E-state index contributed by atoms with van der Waals surface area (Å²) in [4.78, 5) is 12.3. The first-order valence-corrected chi connectivity index (χ1v) is 7.74. The van der Waals surface area contributed by atoms with Gasteiger partial charge in [-0.2, -0.15) is 0 Å². The number of carbonyl (C=O) groups excluding carboxylic acids is 1. The lowest BCUT2D eigenvalue weighted by molar-refractivity contribution is 0.102. The van der Waals surface area contributed by atoms with Crippen LogP contribution >= 0.6 is 27.5 Å². The third kappa shape index (κ3) is 4.30. The minimum Gasteiger partial charge on any atom is -0.396 e. The number of amides is 1. The Morgan fingerprint density at radius 2 is 2.00 bits per heavy atom. The zero-order chi connectivity index (χ0) is 15.2. The molecular formula is C16H15BrClNO2. The van der Waals surface area contributed by atoms with Gasteiger partial charge in [0.2, 0.25) is 0 Å². The van der Waals surface area contributed by atoms with Crippen LogP contribution in [-0.4, -0.2) is 17.6 Å². The third-order valence-corrected chi connectivity index (χ3v) is 4.30. The second-order valence-corrected chi connectivity index (χ2v) is 5.82. The molecule has 2 aromatic rings. The van der Waals surface area contributed by atoms with Crippen LogP contribution < -0.4 is 5.32 Å². The number of nitrogens with one attached hydrogen (secondary N) is 1. The second kappa shape index (κ2) is 7.59. The molecule has 0 aromatic heterocycles. The van der Waals surface area contributed by atoms with Crippen LogP contribution in [0.4, 0.5) is 5.69 Å². The van der Waals surface area contributed by atoms with Gasteiger partial charge in [-0.25, -0.2) is 0 Å². The molecule has 0 unspecified atom stereocenters. The zero-order valence-corrected chi connectivity index (χ0v) is 13.6. The molecule has 21 heavy (non-hydrogen) atoms. The van der Waals surface area contributed by atoms with Crippen LogP contribution in [0.1, 0.15) is 22.3 Å². The Hall–Kier alpha value is -1.36. The predicted octanol–water partition coefficient (Wildman–Crippen LogP) is 4.28. The summed E-state index contributed by atoms with van der Waals surface area (Å²) in [6.45, 7) is 0.157. The lowest BCUT2D eigenvalue weighted by Gasteiger charge is -2.09. The van der Waals surface area contributed by atoms with Gasteiger partial charge in [0.1, 0.15) is 0 Å². The first kappa shape index (κ1) is 16.0. The molecule has 2 aromatic carbocycles. The summed E-state index contributed by atoms with van der Waals surface area (Å²) in [5.41, 5.74) is 2.21. The topological polar surface area (TPSA) is 49.3 Å². The van der Waals surface area contributed by atoms with Crippen molar-refractivity contribution in [2.24, 2.45) is 0 Å². The van der Waals surface area contributed by atoms with Crippen molar-refractivity contribution < 1.29 is 9.90 Å². The molecule has 0 aliphatic carbocycles. The number of carbonyl (C=O) groups is 1. The van der Waals surface area contributed by atoms with E-state index in [1.165, 1.54) is 0 Å². The van der Waals surface area contributed by atoms with E-state index in [1.807, 2.05) is 24.3 Å². The number of aliphatic hydroxyl groups excluding tert-OH is 1. The predicted molar refractivity (Wildman–Crippen MR) is 89.0 cm³/mol. The lowest BCUT2D eigenvalue weighted by Crippen LogP contribution is -2.12. The van der Waals surface area contributed by atoms with Crippen LogP contribution in [0.25, 0.3) is 0 Å². The third-order valence-electron chi connectivity index (χ3n) is 3.00. The van der Waals surface area contributed by atoms with Crippen LogP contribution in [0, 0.1) is 0 Å². The number of benzene rings is 2. The highest BCUT2D eigenvalue weighted by atomic mass is 79.9. The summed E-state index contributed by atoms with van der Waals surface area (Å²) >= 11 is 9.42. The van der Waals surface area contributed by atoms with Gasteiger partial charge in [0.15, 0.2) is 0 Å². The molecule has 1 amide bonds. The van der Waals surface area contributed by atoms with Crippen molar-refractivity contribution in [3.8, 4) is 0 Å². The fraction of sp³-hybridized carbons (Fsp3) is 0.188. The van der Waals surface area contributed by atoms with E-state index in [9.17, 15) is 4.79 Å². The lowest BCUT2D eigenvalue weighted by atomic mass is 10.1. The van der Waals surface area contributed by atoms with Crippen molar-refractivity contribution >= 4 is 39.1 Å². The largest absolute Gasteiger partial charge is 0.396 e. The van der Waals surface area contributed by atoms with Crippen LogP contribution in [0.5, 0.6) is 0 Å². The molecule has 0 saturated carbocycles. The Kier molecular flexibility index (Phi) is 5.79. The second-order valence-electron chi connectivity index (χ2n) is 4.58. The average molecular weight is 369 g/mol. The Morgan fingerprint density at radius 1 is 1.24 bits per heavy atom. The maximum absolute atomic E-state index is 12.3. The maximum Gasteiger partial charge on any atom is 0.257 e. The molecule has 0 bridgehead atoms. The number of anilines is 1. The molecule has 110 valence electrons. The van der Waals surface area contributed by atoms with Crippen LogP contribution in [0.15, 0.2) is 46.9 Å². The zero-order valence-electron chi connectivity index (χ0n) is 11.3. The van der Waals surface area contributed by atoms with Crippen molar-refractivity contribution in [1.29, 1.82) is 0 Å². The first-order valence-electron chi connectivity index (χ1n) is 6.57. The first-order chi connectivity index (χ1) is 10.1. The van der Waals surface area contributed by atoms with Gasteiger partial charge in [-0.3, -0.25) is 4.79 Å². The minimum absolute atomic E-state index is 0.157. The Labute approximate surface area is 137 Å². The van der Waals surface area contributed by atoms with Crippen molar-refractivity contribution in [2.75, 3.05) is 11.9 Å². The molecule has 2 rings (SSSR count). The molecule has 0 radical (unpaired) electrons. The molecule has 5 heteroatoms. The Balaban J connectivity index is 2.14. The van der Waals surface area contributed by atoms with E-state index in [4.69, 9.17) is 16.7 Å². The molecule has 3 nitrogen and oxygen atoms in total. The van der Waals surface area contributed by atoms with Crippen molar-refractivity contribution in [3.63, 3.8) is 0 Å². The number of halogens is 2. The van der Waals surface area contributed by atoms with Crippen LogP contribution in [0.2, 0.25) is 5.02 Å². The molecule has 0 heterocycles. The van der Waals surface area contributed by atoms with Gasteiger partial charge >= 0.3 is 0 Å². The summed E-state index contributed by atoms with van der Waals surface area (Å²) in [5, 5.41) is 12.1. The fourth-order valence-corrected chi connectivity index (χ4v) is 2.54. The Bertz CT molecular complexity index is 646. The summed E-state index contributed by atoms with van der Waals surface area (Å²) < 4.78 is 0.688. The van der Waals surface area contributed by atoms with Crippen molar-refractivity contribution in [1.82, 2.24) is 0 Å². The molecular weight excluding hydrogens is 354 g/mol. The van der Waals surface area contributed by atoms with E-state index in [2.05, 4.69) is 21.2 Å². The van der Waals surface area contributed by atoms with Crippen LogP contribution in [-0.2, 0) is 6.42 Å². The van der Waals surface area contributed by atoms with E-state index >= 15 is 0 Å². The standard InChI is InChI=1S/C16H15BrClNO2/c17-14-8-2-7-13(15(14)18)16(21)19-12-6-1-4-11(10-12)5-3-9-20/h1-2,4,6-8,10,20H,3,5,9H2,(H,19,21). The Morgan fingerprint density at radius 3 is 2.76 bits per heavy atom. The van der Waals surface area contributed by atoms with Crippen LogP contribution in [0.3, 0.4) is 0 Å². The highest BCUT2D eigenvalue weighted by Gasteiger charge is 2.12. The summed E-state index contributed by atoms with van der Waals surface area (Å²) in [7, 11) is 0. The van der Waals surface area contributed by atoms with Gasteiger partial charge in [-0.15, -0.1) is 0 Å². The molecule has 0 fully saturated rings. The van der Waals surface area contributed by atoms with Gasteiger partial charge < -0.3 is 10.4 Å². The number of aliphatic hydroxyl groups is 1. The van der Waals surface area contributed by atoms with E-state index in [0.717, 1.165) is 12.0 Å². The van der Waals surface area contributed by atoms with Crippen molar-refractivity contribution in [2.45, 2.75) is 12.8 Å². The smallest absolute Gasteiger partial charge is 0.257 e. The van der Waals surface area contributed by atoms with E-state index in [0.29, 0.717) is 27.2 Å². The summed E-state index contributed by atoms with van der Waals surface area (Å²) in [6, 6.07) is 12.8.